The van der Waals surface area contributed by atoms with E-state index in [1.807, 2.05) is 45.0 Å². The van der Waals surface area contributed by atoms with E-state index in [1.54, 1.807) is 6.20 Å². The second-order valence-electron chi connectivity index (χ2n) is 5.62. The molecule has 0 bridgehead atoms. The number of anilines is 1. The van der Waals surface area contributed by atoms with Gasteiger partial charge in [0.1, 0.15) is 0 Å². The fraction of sp³-hybridized carbons (Fsp3) is 0.278. The summed E-state index contributed by atoms with van der Waals surface area (Å²) in [4.78, 5) is 30.3. The lowest BCUT2D eigenvalue weighted by molar-refractivity contribution is -0.142. The molecule has 5 nitrogen and oxygen atoms in total. The number of rotatable bonds is 4. The number of carbonyl (C=O) groups is 2. The molecular weight excluding hydrogens is 290 g/mol. The first-order chi connectivity index (χ1) is 10.9. The van der Waals surface area contributed by atoms with Gasteiger partial charge in [0, 0.05) is 24.7 Å². The van der Waals surface area contributed by atoms with E-state index in [4.69, 9.17) is 0 Å². The third-order valence-corrected chi connectivity index (χ3v) is 3.42. The Morgan fingerprint density at radius 1 is 1.35 bits per heavy atom. The van der Waals surface area contributed by atoms with Crippen molar-refractivity contribution in [3.63, 3.8) is 0 Å². The van der Waals surface area contributed by atoms with Crippen molar-refractivity contribution in [3.05, 3.63) is 48.2 Å². The quantitative estimate of drug-likeness (QED) is 0.697. The Morgan fingerprint density at radius 3 is 2.74 bits per heavy atom. The normalized spacial score (nSPS) is 10.4. The molecule has 2 rings (SSSR count). The van der Waals surface area contributed by atoms with Crippen molar-refractivity contribution in [1.29, 1.82) is 0 Å². The lowest BCUT2D eigenvalue weighted by Crippen LogP contribution is -2.40. The molecule has 1 N–H and O–H groups in total. The number of aromatic nitrogens is 1. The third-order valence-electron chi connectivity index (χ3n) is 3.42. The minimum atomic E-state index is -0.661. The molecule has 0 aliphatic carbocycles. The number of carbonyl (C=O) groups excluding carboxylic acids is 2. The molecule has 1 aromatic heterocycles. The van der Waals surface area contributed by atoms with Crippen molar-refractivity contribution < 1.29 is 9.59 Å². The first-order valence-corrected chi connectivity index (χ1v) is 7.52. The molecule has 0 saturated carbocycles. The van der Waals surface area contributed by atoms with Crippen molar-refractivity contribution in [3.8, 4) is 0 Å². The van der Waals surface area contributed by atoms with Gasteiger partial charge in [0.2, 0.25) is 0 Å². The average Bonchev–Trinajstić information content (AvgIpc) is 2.51. The van der Waals surface area contributed by atoms with Crippen molar-refractivity contribution in [2.24, 2.45) is 0 Å². The molecule has 5 heteroatoms. The maximum absolute atomic E-state index is 12.3. The van der Waals surface area contributed by atoms with Crippen LogP contribution in [-0.2, 0) is 9.59 Å². The van der Waals surface area contributed by atoms with Gasteiger partial charge in [-0.15, -0.1) is 0 Å². The van der Waals surface area contributed by atoms with Crippen LogP contribution in [0.1, 0.15) is 19.4 Å². The summed E-state index contributed by atoms with van der Waals surface area (Å²) in [7, 11) is 0. The molecule has 0 spiro atoms. The molecular formula is C18H21N3O2. The van der Waals surface area contributed by atoms with Gasteiger partial charge in [0.25, 0.3) is 0 Å². The fourth-order valence-electron chi connectivity index (χ4n) is 2.41. The predicted molar refractivity (Wildman–Crippen MR) is 92.2 cm³/mol. The van der Waals surface area contributed by atoms with E-state index >= 15 is 0 Å². The number of aryl methyl sites for hydroxylation is 1. The van der Waals surface area contributed by atoms with E-state index in [0.717, 1.165) is 16.5 Å². The summed E-state index contributed by atoms with van der Waals surface area (Å²) in [5.74, 6) is -1.23. The Hall–Kier alpha value is -2.69. The molecule has 2 amide bonds. The number of likely N-dealkylation sites (N-methyl/N-ethyl adjacent to an activating group) is 1. The third kappa shape index (κ3) is 3.94. The summed E-state index contributed by atoms with van der Waals surface area (Å²) in [6.07, 6.45) is 1.66. The zero-order valence-electron chi connectivity index (χ0n) is 13.7. The van der Waals surface area contributed by atoms with Crippen molar-refractivity contribution >= 4 is 28.4 Å². The van der Waals surface area contributed by atoms with Crippen LogP contribution in [-0.4, -0.2) is 34.8 Å². The monoisotopic (exact) mass is 311 g/mol. The van der Waals surface area contributed by atoms with Gasteiger partial charge in [-0.1, -0.05) is 18.2 Å². The number of hydrogen-bond donors (Lipinski definition) is 1. The van der Waals surface area contributed by atoms with Gasteiger partial charge >= 0.3 is 11.8 Å². The molecule has 120 valence electrons. The van der Waals surface area contributed by atoms with Crippen LogP contribution in [0.5, 0.6) is 0 Å². The smallest absolute Gasteiger partial charge is 0.313 e. The van der Waals surface area contributed by atoms with E-state index < -0.39 is 11.8 Å². The summed E-state index contributed by atoms with van der Waals surface area (Å²) in [5, 5.41) is 3.61. The minimum absolute atomic E-state index is 0.371. The minimum Gasteiger partial charge on any atom is -0.331 e. The largest absolute Gasteiger partial charge is 0.331 e. The van der Waals surface area contributed by atoms with E-state index in [9.17, 15) is 9.59 Å². The summed E-state index contributed by atoms with van der Waals surface area (Å²) in [5.41, 5.74) is 3.03. The number of nitrogens with one attached hydrogen (secondary N) is 1. The highest BCUT2D eigenvalue weighted by Gasteiger charge is 2.21. The van der Waals surface area contributed by atoms with E-state index in [-0.39, 0.29) is 0 Å². The Morgan fingerprint density at radius 2 is 2.09 bits per heavy atom. The molecule has 0 atom stereocenters. The number of pyridine rings is 1. The Balaban J connectivity index is 2.26. The van der Waals surface area contributed by atoms with Gasteiger partial charge in [-0.3, -0.25) is 14.6 Å². The maximum Gasteiger partial charge on any atom is 0.313 e. The van der Waals surface area contributed by atoms with Crippen LogP contribution in [0.4, 0.5) is 5.69 Å². The molecule has 0 fully saturated rings. The first-order valence-electron chi connectivity index (χ1n) is 7.52. The standard InChI is InChI=1S/C18H21N3O2/c1-5-21(11-12(2)3)18(23)17(22)20-15-10-13(4)9-14-7-6-8-19-16(14)15/h6-10H,2,5,11H2,1,3-4H3,(H,20,22). The molecule has 0 aliphatic heterocycles. The van der Waals surface area contributed by atoms with Crippen LogP contribution in [0, 0.1) is 6.92 Å². The molecule has 0 unspecified atom stereocenters. The number of hydrogen-bond acceptors (Lipinski definition) is 3. The first kappa shape index (κ1) is 16.7. The van der Waals surface area contributed by atoms with Crippen molar-refractivity contribution in [2.45, 2.75) is 20.8 Å². The van der Waals surface area contributed by atoms with Gasteiger partial charge in [-0.2, -0.15) is 0 Å². The lowest BCUT2D eigenvalue weighted by atomic mass is 10.1. The van der Waals surface area contributed by atoms with Crippen LogP contribution in [0.15, 0.2) is 42.6 Å². The van der Waals surface area contributed by atoms with Gasteiger partial charge in [-0.25, -0.2) is 0 Å². The number of fused-ring (bicyclic) bond motifs is 1. The molecule has 1 aromatic carbocycles. The van der Waals surface area contributed by atoms with E-state index in [2.05, 4.69) is 16.9 Å². The van der Waals surface area contributed by atoms with E-state index in [1.165, 1.54) is 4.90 Å². The van der Waals surface area contributed by atoms with Crippen LogP contribution in [0.25, 0.3) is 10.9 Å². The fourth-order valence-corrected chi connectivity index (χ4v) is 2.41. The van der Waals surface area contributed by atoms with Gasteiger partial charge in [0.05, 0.1) is 11.2 Å². The lowest BCUT2D eigenvalue weighted by Gasteiger charge is -2.20. The zero-order chi connectivity index (χ0) is 17.0. The Labute approximate surface area is 136 Å². The average molecular weight is 311 g/mol. The summed E-state index contributed by atoms with van der Waals surface area (Å²) in [6, 6.07) is 7.56. The summed E-state index contributed by atoms with van der Waals surface area (Å²) in [6.45, 7) is 10.2. The van der Waals surface area contributed by atoms with Gasteiger partial charge < -0.3 is 10.2 Å². The highest BCUT2D eigenvalue weighted by molar-refractivity contribution is 6.40. The highest BCUT2D eigenvalue weighted by Crippen LogP contribution is 2.23. The zero-order valence-corrected chi connectivity index (χ0v) is 13.7. The number of nitrogens with zero attached hydrogens (tertiary/aromatic N) is 2. The van der Waals surface area contributed by atoms with E-state index in [0.29, 0.717) is 24.3 Å². The summed E-state index contributed by atoms with van der Waals surface area (Å²) >= 11 is 0. The molecule has 0 radical (unpaired) electrons. The summed E-state index contributed by atoms with van der Waals surface area (Å²) < 4.78 is 0. The van der Waals surface area contributed by atoms with Crippen LogP contribution < -0.4 is 5.32 Å². The maximum atomic E-state index is 12.3. The predicted octanol–water partition coefficient (Wildman–Crippen LogP) is 2.91. The number of amides is 2. The molecule has 23 heavy (non-hydrogen) atoms. The van der Waals surface area contributed by atoms with Gasteiger partial charge in [-0.05, 0) is 44.5 Å². The second kappa shape index (κ2) is 7.05. The molecule has 0 aliphatic rings. The number of benzene rings is 1. The van der Waals surface area contributed by atoms with Crippen LogP contribution in [0.3, 0.4) is 0 Å². The highest BCUT2D eigenvalue weighted by atomic mass is 16.2. The van der Waals surface area contributed by atoms with Crippen molar-refractivity contribution in [1.82, 2.24) is 9.88 Å². The molecule has 2 aromatic rings. The van der Waals surface area contributed by atoms with Crippen LogP contribution in [0.2, 0.25) is 0 Å². The van der Waals surface area contributed by atoms with Crippen LogP contribution >= 0.6 is 0 Å². The molecule has 0 saturated heterocycles. The molecule has 1 heterocycles. The SMILES string of the molecule is C=C(C)CN(CC)C(=O)C(=O)Nc1cc(C)cc2cccnc12. The Bertz CT molecular complexity index is 768. The van der Waals surface area contributed by atoms with Gasteiger partial charge in [0.15, 0.2) is 0 Å². The second-order valence-corrected chi connectivity index (χ2v) is 5.62. The Kier molecular flexibility index (Phi) is 5.11. The van der Waals surface area contributed by atoms with Crippen molar-refractivity contribution in [2.75, 3.05) is 18.4 Å². The topological polar surface area (TPSA) is 62.3 Å².